The minimum Gasteiger partial charge on any atom is -0.465 e. The molecule has 0 bridgehead atoms. The molecule has 0 atom stereocenters. The van der Waals surface area contributed by atoms with Gasteiger partial charge in [-0.15, -0.1) is 11.3 Å². The largest absolute Gasteiger partial charge is 0.465 e. The van der Waals surface area contributed by atoms with Gasteiger partial charge in [0.15, 0.2) is 5.11 Å². The predicted octanol–water partition coefficient (Wildman–Crippen LogP) is 2.97. The second-order valence-corrected chi connectivity index (χ2v) is 9.51. The van der Waals surface area contributed by atoms with E-state index in [4.69, 9.17) is 17.0 Å². The van der Waals surface area contributed by atoms with Gasteiger partial charge in [0, 0.05) is 56.4 Å². The highest BCUT2D eigenvalue weighted by atomic mass is 32.1. The highest BCUT2D eigenvalue weighted by Gasteiger charge is 2.28. The van der Waals surface area contributed by atoms with Crippen LogP contribution in [0.15, 0.2) is 6.20 Å². The molecular formula is C21H29N5O2S2. The molecule has 7 nitrogen and oxygen atoms in total. The Morgan fingerprint density at radius 2 is 2.00 bits per heavy atom. The monoisotopic (exact) mass is 447 g/mol. The van der Waals surface area contributed by atoms with E-state index in [1.807, 2.05) is 11.7 Å². The van der Waals surface area contributed by atoms with Crippen LogP contribution in [-0.4, -0.2) is 64.0 Å². The van der Waals surface area contributed by atoms with E-state index in [9.17, 15) is 4.79 Å². The number of rotatable bonds is 4. The molecule has 1 saturated heterocycles. The summed E-state index contributed by atoms with van der Waals surface area (Å²) < 4.78 is 6.94. The normalized spacial score (nSPS) is 17.0. The molecule has 1 aliphatic carbocycles. The Balaban J connectivity index is 1.39. The van der Waals surface area contributed by atoms with Gasteiger partial charge in [0.25, 0.3) is 0 Å². The number of aryl methyl sites for hydroxylation is 3. The molecule has 30 heavy (non-hydrogen) atoms. The Kier molecular flexibility index (Phi) is 6.40. The maximum absolute atomic E-state index is 12.4. The number of fused-ring (bicyclic) bond motifs is 1. The van der Waals surface area contributed by atoms with Gasteiger partial charge in [0.1, 0.15) is 5.00 Å². The van der Waals surface area contributed by atoms with Crippen LogP contribution in [0, 0.1) is 6.92 Å². The average Bonchev–Trinajstić information content (AvgIpc) is 3.26. The molecule has 3 heterocycles. The van der Waals surface area contributed by atoms with Gasteiger partial charge in [-0.05, 0) is 50.4 Å². The Morgan fingerprint density at radius 1 is 1.27 bits per heavy atom. The number of hydrogen-bond acceptors (Lipinski definition) is 6. The van der Waals surface area contributed by atoms with Gasteiger partial charge in [0.05, 0.1) is 18.4 Å². The van der Waals surface area contributed by atoms with Crippen molar-refractivity contribution in [3.63, 3.8) is 0 Å². The van der Waals surface area contributed by atoms with Crippen LogP contribution in [0.25, 0.3) is 0 Å². The molecule has 0 aromatic carbocycles. The molecule has 0 spiro atoms. The standard InChI is InChI=1S/C21H29N5O2S2/c1-14-15(12-24(2)23-14)13-25-8-10-26(11-9-25)21(29)22-19-18(20(27)28-3)16-6-4-5-7-17(16)30-19/h12H,4-11,13H2,1-3H3,(H,22,29). The van der Waals surface area contributed by atoms with Crippen molar-refractivity contribution in [1.29, 1.82) is 0 Å². The Morgan fingerprint density at radius 3 is 2.67 bits per heavy atom. The minimum atomic E-state index is -0.267. The third-order valence-electron chi connectivity index (χ3n) is 5.95. The predicted molar refractivity (Wildman–Crippen MR) is 123 cm³/mol. The fourth-order valence-corrected chi connectivity index (χ4v) is 5.93. The number of esters is 1. The summed E-state index contributed by atoms with van der Waals surface area (Å²) in [5, 5.41) is 9.34. The third-order valence-corrected chi connectivity index (χ3v) is 7.52. The second-order valence-electron chi connectivity index (χ2n) is 8.01. The van der Waals surface area contributed by atoms with Crippen molar-refractivity contribution >= 4 is 39.6 Å². The van der Waals surface area contributed by atoms with Crippen LogP contribution in [0.1, 0.15) is 44.9 Å². The zero-order chi connectivity index (χ0) is 21.3. The smallest absolute Gasteiger partial charge is 0.341 e. The number of hydrogen-bond donors (Lipinski definition) is 1. The zero-order valence-electron chi connectivity index (χ0n) is 17.9. The van der Waals surface area contributed by atoms with E-state index in [2.05, 4.69) is 33.3 Å². The average molecular weight is 448 g/mol. The first-order chi connectivity index (χ1) is 14.5. The molecule has 2 aliphatic rings. The van der Waals surface area contributed by atoms with E-state index in [-0.39, 0.29) is 5.97 Å². The van der Waals surface area contributed by atoms with Crippen molar-refractivity contribution in [2.45, 2.75) is 39.2 Å². The van der Waals surface area contributed by atoms with Crippen molar-refractivity contribution < 1.29 is 9.53 Å². The maximum atomic E-state index is 12.4. The number of methoxy groups -OCH3 is 1. The molecular weight excluding hydrogens is 418 g/mol. The summed E-state index contributed by atoms with van der Waals surface area (Å²) in [7, 11) is 3.41. The first kappa shape index (κ1) is 21.3. The molecule has 4 rings (SSSR count). The first-order valence-electron chi connectivity index (χ1n) is 10.5. The fourth-order valence-electron chi connectivity index (χ4n) is 4.30. The van der Waals surface area contributed by atoms with Crippen LogP contribution in [0.3, 0.4) is 0 Å². The van der Waals surface area contributed by atoms with E-state index in [1.165, 1.54) is 24.0 Å². The van der Waals surface area contributed by atoms with Crippen LogP contribution in [0.2, 0.25) is 0 Å². The van der Waals surface area contributed by atoms with Crippen LogP contribution in [-0.2, 0) is 31.2 Å². The van der Waals surface area contributed by atoms with Gasteiger partial charge in [0.2, 0.25) is 0 Å². The minimum absolute atomic E-state index is 0.267. The molecule has 1 N–H and O–H groups in total. The number of ether oxygens (including phenoxy) is 1. The number of carbonyl (C=O) groups excluding carboxylic acids is 1. The molecule has 9 heteroatoms. The van der Waals surface area contributed by atoms with Crippen molar-refractivity contribution in [3.8, 4) is 0 Å². The molecule has 0 amide bonds. The molecule has 2 aromatic heterocycles. The quantitative estimate of drug-likeness (QED) is 0.571. The lowest BCUT2D eigenvalue weighted by Crippen LogP contribution is -2.49. The second kappa shape index (κ2) is 9.03. The Labute approximate surface area is 187 Å². The lowest BCUT2D eigenvalue weighted by atomic mass is 9.95. The summed E-state index contributed by atoms with van der Waals surface area (Å²) in [6.45, 7) is 6.59. The Hall–Kier alpha value is -1.97. The first-order valence-corrected chi connectivity index (χ1v) is 11.7. The number of aromatic nitrogens is 2. The van der Waals surface area contributed by atoms with Gasteiger partial charge in [-0.1, -0.05) is 0 Å². The topological polar surface area (TPSA) is 62.6 Å². The number of thiocarbonyl (C=S) groups is 1. The molecule has 0 radical (unpaired) electrons. The fraction of sp³-hybridized carbons (Fsp3) is 0.571. The van der Waals surface area contributed by atoms with Crippen LogP contribution in [0.4, 0.5) is 5.00 Å². The number of thiophene rings is 1. The summed E-state index contributed by atoms with van der Waals surface area (Å²) in [6.07, 6.45) is 6.37. The highest BCUT2D eigenvalue weighted by molar-refractivity contribution is 7.80. The van der Waals surface area contributed by atoms with Gasteiger partial charge in [-0.2, -0.15) is 5.10 Å². The number of piperazine rings is 1. The van der Waals surface area contributed by atoms with Gasteiger partial charge in [-0.3, -0.25) is 9.58 Å². The summed E-state index contributed by atoms with van der Waals surface area (Å²) in [5.41, 5.74) is 4.21. The van der Waals surface area contributed by atoms with Crippen molar-refractivity contribution in [3.05, 3.63) is 33.5 Å². The lowest BCUT2D eigenvalue weighted by Gasteiger charge is -2.36. The molecule has 162 valence electrons. The molecule has 1 fully saturated rings. The van der Waals surface area contributed by atoms with E-state index in [0.29, 0.717) is 10.7 Å². The van der Waals surface area contributed by atoms with E-state index in [1.54, 1.807) is 11.3 Å². The van der Waals surface area contributed by atoms with Crippen LogP contribution >= 0.6 is 23.6 Å². The van der Waals surface area contributed by atoms with Crippen molar-refractivity contribution in [1.82, 2.24) is 19.6 Å². The van der Waals surface area contributed by atoms with Crippen molar-refractivity contribution in [2.24, 2.45) is 7.05 Å². The van der Waals surface area contributed by atoms with E-state index < -0.39 is 0 Å². The molecule has 0 saturated carbocycles. The number of nitrogens with zero attached hydrogens (tertiary/aromatic N) is 4. The third kappa shape index (κ3) is 4.38. The van der Waals surface area contributed by atoms with Gasteiger partial charge in [-0.25, -0.2) is 4.79 Å². The molecule has 0 unspecified atom stereocenters. The van der Waals surface area contributed by atoms with E-state index >= 15 is 0 Å². The summed E-state index contributed by atoms with van der Waals surface area (Å²) in [5.74, 6) is -0.267. The lowest BCUT2D eigenvalue weighted by molar-refractivity contribution is 0.0601. The number of nitrogens with one attached hydrogen (secondary N) is 1. The summed E-state index contributed by atoms with van der Waals surface area (Å²) >= 11 is 7.37. The van der Waals surface area contributed by atoms with Gasteiger partial charge >= 0.3 is 5.97 Å². The molecule has 2 aromatic rings. The number of anilines is 1. The molecule has 1 aliphatic heterocycles. The maximum Gasteiger partial charge on any atom is 0.341 e. The van der Waals surface area contributed by atoms with Gasteiger partial charge < -0.3 is 15.0 Å². The van der Waals surface area contributed by atoms with Crippen LogP contribution < -0.4 is 5.32 Å². The zero-order valence-corrected chi connectivity index (χ0v) is 19.5. The van der Waals surface area contributed by atoms with E-state index in [0.717, 1.165) is 68.2 Å². The Bertz CT molecular complexity index is 944. The van der Waals surface area contributed by atoms with Crippen LogP contribution in [0.5, 0.6) is 0 Å². The SMILES string of the molecule is COC(=O)c1c(NC(=S)N2CCN(Cc3cn(C)nc3C)CC2)sc2c1CCCC2. The summed E-state index contributed by atoms with van der Waals surface area (Å²) in [4.78, 5) is 18.4. The number of carbonyl (C=O) groups is 1. The highest BCUT2D eigenvalue weighted by Crippen LogP contribution is 2.38. The van der Waals surface area contributed by atoms with Crippen molar-refractivity contribution in [2.75, 3.05) is 38.6 Å². The summed E-state index contributed by atoms with van der Waals surface area (Å²) in [6, 6.07) is 0.